The van der Waals surface area contributed by atoms with Gasteiger partial charge in [-0.1, -0.05) is 0 Å². The number of rotatable bonds is 3. The molecule has 2 heterocycles. The van der Waals surface area contributed by atoms with Crippen molar-refractivity contribution in [3.63, 3.8) is 0 Å². The molecule has 2 N–H and O–H groups in total. The van der Waals surface area contributed by atoms with Crippen LogP contribution in [-0.4, -0.2) is 46.5 Å². The smallest absolute Gasteiger partial charge is 0.0962 e. The molecule has 72 valence electrons. The van der Waals surface area contributed by atoms with Crippen molar-refractivity contribution in [1.82, 2.24) is 25.6 Å². The lowest BCUT2D eigenvalue weighted by Crippen LogP contribution is -2.31. The van der Waals surface area contributed by atoms with E-state index in [0.717, 1.165) is 18.8 Å². The first-order valence-corrected chi connectivity index (χ1v) is 4.61. The zero-order chi connectivity index (χ0) is 9.10. The first-order valence-electron chi connectivity index (χ1n) is 4.61. The molecular weight excluding hydrogens is 166 g/mol. The average molecular weight is 181 g/mol. The first-order chi connectivity index (χ1) is 6.34. The molecule has 1 aromatic heterocycles. The van der Waals surface area contributed by atoms with Gasteiger partial charge in [0.25, 0.3) is 0 Å². The summed E-state index contributed by atoms with van der Waals surface area (Å²) in [4.78, 5) is 2.33. The van der Waals surface area contributed by atoms with Crippen LogP contribution >= 0.6 is 0 Å². The van der Waals surface area contributed by atoms with Gasteiger partial charge in [-0.2, -0.15) is 15.4 Å². The normalized spacial score (nSPS) is 23.9. The van der Waals surface area contributed by atoms with E-state index >= 15 is 0 Å². The van der Waals surface area contributed by atoms with Crippen LogP contribution in [0.2, 0.25) is 0 Å². The fourth-order valence-corrected chi connectivity index (χ4v) is 1.66. The third-order valence-corrected chi connectivity index (χ3v) is 2.43. The maximum absolute atomic E-state index is 3.98. The van der Waals surface area contributed by atoms with E-state index in [9.17, 15) is 0 Å². The number of H-pyrrole nitrogens is 1. The molecule has 0 bridgehead atoms. The van der Waals surface area contributed by atoms with Crippen LogP contribution in [0.5, 0.6) is 0 Å². The maximum atomic E-state index is 3.98. The summed E-state index contributed by atoms with van der Waals surface area (Å²) >= 11 is 0. The van der Waals surface area contributed by atoms with Crippen molar-refractivity contribution in [3.8, 4) is 0 Å². The molecule has 1 aliphatic heterocycles. The molecule has 0 spiro atoms. The Morgan fingerprint density at radius 1 is 1.77 bits per heavy atom. The summed E-state index contributed by atoms with van der Waals surface area (Å²) in [5, 5.41) is 13.8. The van der Waals surface area contributed by atoms with Crippen LogP contribution in [0.4, 0.5) is 0 Å². The number of hydrogen-bond donors (Lipinski definition) is 2. The van der Waals surface area contributed by atoms with Crippen molar-refractivity contribution in [1.29, 1.82) is 0 Å². The maximum Gasteiger partial charge on any atom is 0.0962 e. The number of nitrogens with one attached hydrogen (secondary N) is 2. The van der Waals surface area contributed by atoms with E-state index in [1.165, 1.54) is 13.0 Å². The van der Waals surface area contributed by atoms with Gasteiger partial charge in [-0.25, -0.2) is 0 Å². The van der Waals surface area contributed by atoms with Gasteiger partial charge in [-0.3, -0.25) is 0 Å². The van der Waals surface area contributed by atoms with Crippen molar-refractivity contribution < 1.29 is 0 Å². The van der Waals surface area contributed by atoms with E-state index in [-0.39, 0.29) is 0 Å². The van der Waals surface area contributed by atoms with E-state index in [2.05, 4.69) is 32.7 Å². The fourth-order valence-electron chi connectivity index (χ4n) is 1.66. The molecule has 0 aliphatic carbocycles. The third kappa shape index (κ3) is 2.26. The molecule has 1 aliphatic rings. The Labute approximate surface area is 77.5 Å². The van der Waals surface area contributed by atoms with Crippen molar-refractivity contribution in [2.45, 2.75) is 19.0 Å². The number of likely N-dealkylation sites (N-methyl/N-ethyl adjacent to an activating group) is 1. The van der Waals surface area contributed by atoms with Crippen LogP contribution in [-0.2, 0) is 6.54 Å². The Kier molecular flexibility index (Phi) is 2.56. The lowest BCUT2D eigenvalue weighted by molar-refractivity contribution is 0.397. The summed E-state index contributed by atoms with van der Waals surface area (Å²) in [5.41, 5.74) is 0.981. The van der Waals surface area contributed by atoms with Gasteiger partial charge in [0.05, 0.1) is 11.9 Å². The van der Waals surface area contributed by atoms with Gasteiger partial charge < -0.3 is 10.2 Å². The predicted octanol–water partition coefficient (Wildman–Crippen LogP) is -0.402. The minimum absolute atomic E-state index is 0.613. The topological polar surface area (TPSA) is 56.8 Å². The lowest BCUT2D eigenvalue weighted by atomic mass is 10.2. The number of nitrogens with zero attached hydrogens (tertiary/aromatic N) is 3. The summed E-state index contributed by atoms with van der Waals surface area (Å²) in [6.45, 7) is 3.14. The van der Waals surface area contributed by atoms with Crippen LogP contribution < -0.4 is 5.32 Å². The van der Waals surface area contributed by atoms with E-state index in [1.807, 2.05) is 0 Å². The Hall–Kier alpha value is -0.940. The minimum Gasteiger partial charge on any atom is -0.307 e. The van der Waals surface area contributed by atoms with E-state index in [1.54, 1.807) is 6.20 Å². The second-order valence-electron chi connectivity index (χ2n) is 3.59. The van der Waals surface area contributed by atoms with Crippen LogP contribution in [0.3, 0.4) is 0 Å². The summed E-state index contributed by atoms with van der Waals surface area (Å²) in [6, 6.07) is 0.613. The summed E-state index contributed by atoms with van der Waals surface area (Å²) in [7, 11) is 2.15. The lowest BCUT2D eigenvalue weighted by Gasteiger charge is -2.10. The number of hydrogen-bond acceptors (Lipinski definition) is 4. The summed E-state index contributed by atoms with van der Waals surface area (Å²) in [6.07, 6.45) is 2.99. The van der Waals surface area contributed by atoms with E-state index < -0.39 is 0 Å². The Balaban J connectivity index is 1.74. The van der Waals surface area contributed by atoms with E-state index in [4.69, 9.17) is 0 Å². The highest BCUT2D eigenvalue weighted by Crippen LogP contribution is 2.06. The molecule has 1 atom stereocenters. The zero-order valence-electron chi connectivity index (χ0n) is 7.82. The second-order valence-corrected chi connectivity index (χ2v) is 3.59. The molecule has 5 nitrogen and oxygen atoms in total. The van der Waals surface area contributed by atoms with Crippen molar-refractivity contribution in [2.75, 3.05) is 20.1 Å². The van der Waals surface area contributed by atoms with E-state index in [0.29, 0.717) is 6.04 Å². The number of aromatic nitrogens is 3. The number of likely N-dealkylation sites (tertiary alicyclic amines) is 1. The molecule has 0 aromatic carbocycles. The van der Waals surface area contributed by atoms with Gasteiger partial charge in [-0.05, 0) is 20.0 Å². The van der Waals surface area contributed by atoms with Gasteiger partial charge >= 0.3 is 0 Å². The third-order valence-electron chi connectivity index (χ3n) is 2.43. The first kappa shape index (κ1) is 8.65. The predicted molar refractivity (Wildman–Crippen MR) is 49.1 cm³/mol. The van der Waals surface area contributed by atoms with Crippen molar-refractivity contribution >= 4 is 0 Å². The quantitative estimate of drug-likeness (QED) is 0.666. The number of aromatic amines is 1. The minimum atomic E-state index is 0.613. The zero-order valence-corrected chi connectivity index (χ0v) is 7.82. The summed E-state index contributed by atoms with van der Waals surface area (Å²) in [5.74, 6) is 0. The van der Waals surface area contributed by atoms with Crippen LogP contribution in [0, 0.1) is 0 Å². The molecular formula is C8H15N5. The molecule has 1 fully saturated rings. The molecule has 13 heavy (non-hydrogen) atoms. The van der Waals surface area contributed by atoms with Crippen molar-refractivity contribution in [2.24, 2.45) is 0 Å². The molecule has 5 heteroatoms. The molecule has 1 aromatic rings. The van der Waals surface area contributed by atoms with Crippen LogP contribution in [0.25, 0.3) is 0 Å². The fraction of sp³-hybridized carbons (Fsp3) is 0.750. The second kappa shape index (κ2) is 3.85. The van der Waals surface area contributed by atoms with Crippen LogP contribution in [0.1, 0.15) is 12.1 Å². The largest absolute Gasteiger partial charge is 0.307 e. The highest BCUT2D eigenvalue weighted by atomic mass is 15.3. The molecule has 1 saturated heterocycles. The van der Waals surface area contributed by atoms with Gasteiger partial charge in [0.2, 0.25) is 0 Å². The monoisotopic (exact) mass is 181 g/mol. The van der Waals surface area contributed by atoms with Gasteiger partial charge in [0, 0.05) is 19.1 Å². The Morgan fingerprint density at radius 2 is 2.69 bits per heavy atom. The Morgan fingerprint density at radius 3 is 3.31 bits per heavy atom. The Bertz CT molecular complexity index is 245. The van der Waals surface area contributed by atoms with Gasteiger partial charge in [0.15, 0.2) is 0 Å². The van der Waals surface area contributed by atoms with Crippen LogP contribution in [0.15, 0.2) is 6.20 Å². The SMILES string of the molecule is CN1CCC(NCc2cn[nH]n2)C1. The van der Waals surface area contributed by atoms with Crippen molar-refractivity contribution in [3.05, 3.63) is 11.9 Å². The summed E-state index contributed by atoms with van der Waals surface area (Å²) < 4.78 is 0. The highest BCUT2D eigenvalue weighted by molar-refractivity contribution is 4.91. The molecule has 0 amide bonds. The molecule has 1 unspecified atom stereocenters. The standard InChI is InChI=1S/C8H15N5/c1-13-3-2-7(6-13)9-4-8-5-10-12-11-8/h5,7,9H,2-4,6H2,1H3,(H,10,11,12). The highest BCUT2D eigenvalue weighted by Gasteiger charge is 2.18. The molecule has 2 rings (SSSR count). The average Bonchev–Trinajstić information content (AvgIpc) is 2.71. The molecule has 0 saturated carbocycles. The van der Waals surface area contributed by atoms with Gasteiger partial charge in [0.1, 0.15) is 0 Å². The molecule has 0 radical (unpaired) electrons. The van der Waals surface area contributed by atoms with Gasteiger partial charge in [-0.15, -0.1) is 0 Å².